The highest BCUT2D eigenvalue weighted by molar-refractivity contribution is 5.28. The quantitative estimate of drug-likeness (QED) is 0.834. The van der Waals surface area contributed by atoms with Gasteiger partial charge in [0.1, 0.15) is 5.82 Å². The molecule has 0 heterocycles. The number of hydrogen-bond acceptors (Lipinski definition) is 1. The van der Waals surface area contributed by atoms with Crippen LogP contribution in [0.1, 0.15) is 53.0 Å². The number of halogens is 1. The van der Waals surface area contributed by atoms with Gasteiger partial charge in [0.25, 0.3) is 0 Å². The van der Waals surface area contributed by atoms with E-state index in [1.165, 1.54) is 18.4 Å². The highest BCUT2D eigenvalue weighted by Crippen LogP contribution is 2.57. The summed E-state index contributed by atoms with van der Waals surface area (Å²) < 4.78 is 13.1. The minimum absolute atomic E-state index is 0.0877. The molecule has 1 nitrogen and oxygen atoms in total. The van der Waals surface area contributed by atoms with E-state index in [0.717, 1.165) is 6.54 Å². The lowest BCUT2D eigenvalue weighted by molar-refractivity contribution is -0.0498. The zero-order valence-electron chi connectivity index (χ0n) is 13.5. The van der Waals surface area contributed by atoms with Crippen molar-refractivity contribution in [3.63, 3.8) is 0 Å². The maximum atomic E-state index is 13.1. The van der Waals surface area contributed by atoms with E-state index < -0.39 is 0 Å². The Bertz CT molecular complexity index is 451. The van der Waals surface area contributed by atoms with Crippen LogP contribution in [0, 0.1) is 17.2 Å². The largest absolute Gasteiger partial charge is 0.314 e. The van der Waals surface area contributed by atoms with E-state index in [-0.39, 0.29) is 11.2 Å². The first-order valence-electron chi connectivity index (χ1n) is 7.85. The van der Waals surface area contributed by atoms with Gasteiger partial charge >= 0.3 is 0 Å². The second-order valence-electron chi connectivity index (χ2n) is 6.99. The molecule has 1 aliphatic carbocycles. The molecule has 0 bridgehead atoms. The Kier molecular flexibility index (Phi) is 4.24. The topological polar surface area (TPSA) is 12.0 Å². The average molecular weight is 277 g/mol. The molecule has 1 saturated carbocycles. The van der Waals surface area contributed by atoms with E-state index in [9.17, 15) is 4.39 Å². The van der Waals surface area contributed by atoms with Gasteiger partial charge in [0.2, 0.25) is 0 Å². The van der Waals surface area contributed by atoms with Crippen LogP contribution in [0.4, 0.5) is 4.39 Å². The standard InChI is InChI=1S/C18H28FN/c1-6-18(5)15(12-16(18)20-7-2)17(3,4)13-8-10-14(19)11-9-13/h8-11,15-16,20H,6-7,12H2,1-5H3. The first-order valence-corrected chi connectivity index (χ1v) is 7.85. The van der Waals surface area contributed by atoms with Crippen LogP contribution >= 0.6 is 0 Å². The van der Waals surface area contributed by atoms with Crippen LogP contribution in [0.25, 0.3) is 0 Å². The van der Waals surface area contributed by atoms with Gasteiger partial charge in [0.05, 0.1) is 0 Å². The summed E-state index contributed by atoms with van der Waals surface area (Å²) in [7, 11) is 0. The zero-order chi connectivity index (χ0) is 15.0. The molecule has 0 aliphatic heterocycles. The number of hydrogen-bond donors (Lipinski definition) is 1. The molecule has 0 spiro atoms. The van der Waals surface area contributed by atoms with Gasteiger partial charge in [-0.1, -0.05) is 46.8 Å². The van der Waals surface area contributed by atoms with Crippen molar-refractivity contribution in [2.45, 2.75) is 58.9 Å². The van der Waals surface area contributed by atoms with Crippen molar-refractivity contribution in [3.8, 4) is 0 Å². The summed E-state index contributed by atoms with van der Waals surface area (Å²) in [6, 6.07) is 7.68. The molecular formula is C18H28FN. The van der Waals surface area contributed by atoms with Crippen LogP contribution in [0.5, 0.6) is 0 Å². The van der Waals surface area contributed by atoms with Crippen molar-refractivity contribution >= 4 is 0 Å². The molecule has 0 radical (unpaired) electrons. The van der Waals surface area contributed by atoms with Gasteiger partial charge in [-0.25, -0.2) is 4.39 Å². The Morgan fingerprint density at radius 1 is 1.25 bits per heavy atom. The second kappa shape index (κ2) is 5.48. The van der Waals surface area contributed by atoms with Crippen molar-refractivity contribution in [2.24, 2.45) is 11.3 Å². The fraction of sp³-hybridized carbons (Fsp3) is 0.667. The molecule has 3 unspecified atom stereocenters. The van der Waals surface area contributed by atoms with Crippen molar-refractivity contribution in [2.75, 3.05) is 6.54 Å². The SMILES string of the molecule is CCNC1CC(C(C)(C)c2ccc(F)cc2)C1(C)CC. The predicted molar refractivity (Wildman–Crippen MR) is 83.4 cm³/mol. The molecule has 1 fully saturated rings. The van der Waals surface area contributed by atoms with E-state index in [2.05, 4.69) is 39.9 Å². The lowest BCUT2D eigenvalue weighted by atomic mass is 9.47. The summed E-state index contributed by atoms with van der Waals surface area (Å²) in [4.78, 5) is 0. The van der Waals surface area contributed by atoms with Crippen LogP contribution < -0.4 is 5.32 Å². The Morgan fingerprint density at radius 2 is 1.85 bits per heavy atom. The number of rotatable bonds is 5. The molecule has 112 valence electrons. The summed E-state index contributed by atoms with van der Waals surface area (Å²) in [5.41, 5.74) is 1.66. The molecular weight excluding hydrogens is 249 g/mol. The molecule has 1 aromatic carbocycles. The molecule has 1 N–H and O–H groups in total. The lowest BCUT2D eigenvalue weighted by Crippen LogP contribution is -2.62. The monoisotopic (exact) mass is 277 g/mol. The third-order valence-electron chi connectivity index (χ3n) is 5.74. The fourth-order valence-electron chi connectivity index (χ4n) is 4.11. The van der Waals surface area contributed by atoms with E-state index >= 15 is 0 Å². The van der Waals surface area contributed by atoms with Gasteiger partial charge in [-0.05, 0) is 53.8 Å². The Labute approximate surface area is 123 Å². The van der Waals surface area contributed by atoms with Crippen LogP contribution in [0.3, 0.4) is 0 Å². The molecule has 1 aliphatic rings. The maximum Gasteiger partial charge on any atom is 0.123 e. The third-order valence-corrected chi connectivity index (χ3v) is 5.74. The Hall–Kier alpha value is -0.890. The molecule has 2 rings (SSSR count). The fourth-order valence-corrected chi connectivity index (χ4v) is 4.11. The minimum Gasteiger partial charge on any atom is -0.314 e. The van der Waals surface area contributed by atoms with Crippen molar-refractivity contribution in [1.29, 1.82) is 0 Å². The normalized spacial score (nSPS) is 30.1. The maximum absolute atomic E-state index is 13.1. The van der Waals surface area contributed by atoms with Crippen molar-refractivity contribution in [1.82, 2.24) is 5.32 Å². The van der Waals surface area contributed by atoms with Gasteiger partial charge in [-0.15, -0.1) is 0 Å². The van der Waals surface area contributed by atoms with Gasteiger partial charge in [-0.3, -0.25) is 0 Å². The van der Waals surface area contributed by atoms with E-state index in [1.807, 2.05) is 12.1 Å². The van der Waals surface area contributed by atoms with Crippen LogP contribution in [-0.2, 0) is 5.41 Å². The van der Waals surface area contributed by atoms with E-state index in [1.54, 1.807) is 12.1 Å². The van der Waals surface area contributed by atoms with Gasteiger partial charge < -0.3 is 5.32 Å². The van der Waals surface area contributed by atoms with E-state index in [4.69, 9.17) is 0 Å². The minimum atomic E-state index is -0.151. The number of benzene rings is 1. The second-order valence-corrected chi connectivity index (χ2v) is 6.99. The predicted octanol–water partition coefficient (Wildman–Crippen LogP) is 4.52. The molecule has 0 aromatic heterocycles. The molecule has 3 atom stereocenters. The average Bonchev–Trinajstić information content (AvgIpc) is 2.42. The van der Waals surface area contributed by atoms with Gasteiger partial charge in [0.15, 0.2) is 0 Å². The van der Waals surface area contributed by atoms with Gasteiger partial charge in [-0.2, -0.15) is 0 Å². The van der Waals surface area contributed by atoms with Crippen LogP contribution in [0.15, 0.2) is 24.3 Å². The summed E-state index contributed by atoms with van der Waals surface area (Å²) in [6.07, 6.45) is 2.39. The Morgan fingerprint density at radius 3 is 2.35 bits per heavy atom. The Balaban J connectivity index is 2.24. The summed E-state index contributed by atoms with van der Waals surface area (Å²) in [6.45, 7) is 12.5. The molecule has 0 amide bonds. The molecule has 20 heavy (non-hydrogen) atoms. The molecule has 0 saturated heterocycles. The summed E-state index contributed by atoms with van der Waals surface area (Å²) in [5.74, 6) is 0.483. The van der Waals surface area contributed by atoms with Crippen LogP contribution in [-0.4, -0.2) is 12.6 Å². The van der Waals surface area contributed by atoms with Gasteiger partial charge in [0, 0.05) is 6.04 Å². The number of nitrogens with one attached hydrogen (secondary N) is 1. The lowest BCUT2D eigenvalue weighted by Gasteiger charge is -2.60. The van der Waals surface area contributed by atoms with Crippen molar-refractivity contribution < 1.29 is 4.39 Å². The zero-order valence-corrected chi connectivity index (χ0v) is 13.5. The smallest absolute Gasteiger partial charge is 0.123 e. The highest BCUT2D eigenvalue weighted by Gasteiger charge is 2.55. The first-order chi connectivity index (χ1) is 9.36. The van der Waals surface area contributed by atoms with E-state index in [0.29, 0.717) is 17.4 Å². The molecule has 1 aromatic rings. The summed E-state index contributed by atoms with van der Waals surface area (Å²) in [5, 5.41) is 3.63. The highest BCUT2D eigenvalue weighted by atomic mass is 19.1. The first kappa shape index (κ1) is 15.5. The molecule has 2 heteroatoms. The third kappa shape index (κ3) is 2.39. The summed E-state index contributed by atoms with van der Waals surface area (Å²) >= 11 is 0. The van der Waals surface area contributed by atoms with Crippen molar-refractivity contribution in [3.05, 3.63) is 35.6 Å². The van der Waals surface area contributed by atoms with Crippen LogP contribution in [0.2, 0.25) is 0 Å².